The van der Waals surface area contributed by atoms with Gasteiger partial charge in [-0.1, -0.05) is 13.0 Å². The van der Waals surface area contributed by atoms with Crippen LogP contribution >= 0.6 is 27.3 Å². The number of carboxylic acids is 1. The Morgan fingerprint density at radius 3 is 2.90 bits per heavy atom. The summed E-state index contributed by atoms with van der Waals surface area (Å²) in [5.41, 5.74) is 0.833. The highest BCUT2D eigenvalue weighted by molar-refractivity contribution is 9.10. The van der Waals surface area contributed by atoms with Crippen molar-refractivity contribution in [3.05, 3.63) is 44.3 Å². The van der Waals surface area contributed by atoms with Gasteiger partial charge in [0.15, 0.2) is 0 Å². The lowest BCUT2D eigenvalue weighted by molar-refractivity contribution is 0.0697. The van der Waals surface area contributed by atoms with Crippen molar-refractivity contribution in [2.45, 2.75) is 26.3 Å². The van der Waals surface area contributed by atoms with Gasteiger partial charge in [0.25, 0.3) is 0 Å². The molecule has 1 atom stereocenters. The van der Waals surface area contributed by atoms with Crippen molar-refractivity contribution in [3.63, 3.8) is 0 Å². The van der Waals surface area contributed by atoms with E-state index in [2.05, 4.69) is 33.2 Å². The zero-order valence-corrected chi connectivity index (χ0v) is 13.6. The first-order chi connectivity index (χ1) is 9.52. The number of thiazole rings is 1. The van der Waals surface area contributed by atoms with Gasteiger partial charge < -0.3 is 10.4 Å². The van der Waals surface area contributed by atoms with Crippen molar-refractivity contribution >= 4 is 38.9 Å². The second-order valence-corrected chi connectivity index (χ2v) is 6.35. The van der Waals surface area contributed by atoms with E-state index >= 15 is 0 Å². The van der Waals surface area contributed by atoms with Gasteiger partial charge in [-0.05, 0) is 41.4 Å². The van der Waals surface area contributed by atoms with Crippen LogP contribution in [0.5, 0.6) is 0 Å². The SMILES string of the molecule is CCc1cnc(C(C)Nc2cccc(Br)c2C(=O)O)s1. The number of carboxylic acid groups (broad SMARTS) is 1. The molecule has 0 saturated heterocycles. The Hall–Kier alpha value is -1.40. The zero-order chi connectivity index (χ0) is 14.7. The van der Waals surface area contributed by atoms with Crippen LogP contribution in [0.15, 0.2) is 28.9 Å². The van der Waals surface area contributed by atoms with E-state index in [1.807, 2.05) is 19.2 Å². The van der Waals surface area contributed by atoms with Crippen molar-refractivity contribution in [3.8, 4) is 0 Å². The summed E-state index contributed by atoms with van der Waals surface area (Å²) in [6.07, 6.45) is 2.83. The Balaban J connectivity index is 2.25. The van der Waals surface area contributed by atoms with Gasteiger partial charge in [-0.2, -0.15) is 0 Å². The number of hydrogen-bond donors (Lipinski definition) is 2. The average Bonchev–Trinajstić information content (AvgIpc) is 2.87. The maximum atomic E-state index is 11.3. The molecule has 2 N–H and O–H groups in total. The summed E-state index contributed by atoms with van der Waals surface area (Å²) in [6, 6.07) is 5.26. The summed E-state index contributed by atoms with van der Waals surface area (Å²) in [5.74, 6) is -0.958. The largest absolute Gasteiger partial charge is 0.478 e. The quantitative estimate of drug-likeness (QED) is 0.838. The molecular formula is C14H15BrN2O2S. The molecule has 0 spiro atoms. The lowest BCUT2D eigenvalue weighted by atomic mass is 10.1. The second-order valence-electron chi connectivity index (χ2n) is 4.35. The fraction of sp³-hybridized carbons (Fsp3) is 0.286. The number of halogens is 1. The molecule has 1 heterocycles. The summed E-state index contributed by atoms with van der Waals surface area (Å²) in [6.45, 7) is 4.07. The molecule has 4 nitrogen and oxygen atoms in total. The van der Waals surface area contributed by atoms with E-state index in [1.54, 1.807) is 23.5 Å². The van der Waals surface area contributed by atoms with Gasteiger partial charge in [-0.25, -0.2) is 9.78 Å². The number of aromatic carboxylic acids is 1. The molecule has 20 heavy (non-hydrogen) atoms. The van der Waals surface area contributed by atoms with Crippen LogP contribution in [0.25, 0.3) is 0 Å². The number of aromatic nitrogens is 1. The number of carbonyl (C=O) groups is 1. The molecular weight excluding hydrogens is 340 g/mol. The number of nitrogens with one attached hydrogen (secondary N) is 1. The van der Waals surface area contributed by atoms with E-state index in [0.29, 0.717) is 10.2 Å². The molecule has 106 valence electrons. The van der Waals surface area contributed by atoms with Crippen molar-refractivity contribution in [1.82, 2.24) is 4.98 Å². The van der Waals surface area contributed by atoms with Crippen LogP contribution in [0.1, 0.15) is 40.1 Å². The van der Waals surface area contributed by atoms with Gasteiger partial charge in [-0.15, -0.1) is 11.3 Å². The average molecular weight is 355 g/mol. The molecule has 1 aromatic carbocycles. The van der Waals surface area contributed by atoms with Crippen LogP contribution in [0.2, 0.25) is 0 Å². The lowest BCUT2D eigenvalue weighted by Gasteiger charge is -2.15. The number of aryl methyl sites for hydroxylation is 1. The molecule has 0 saturated carbocycles. The summed E-state index contributed by atoms with van der Waals surface area (Å²) in [4.78, 5) is 16.9. The monoisotopic (exact) mass is 354 g/mol. The maximum Gasteiger partial charge on any atom is 0.338 e. The Morgan fingerprint density at radius 2 is 2.30 bits per heavy atom. The van der Waals surface area contributed by atoms with Crippen LogP contribution in [0, 0.1) is 0 Å². The third-order valence-corrected chi connectivity index (χ3v) is 4.88. The van der Waals surface area contributed by atoms with Gasteiger partial charge in [0.05, 0.1) is 17.3 Å². The molecule has 0 aliphatic heterocycles. The van der Waals surface area contributed by atoms with E-state index in [9.17, 15) is 9.90 Å². The van der Waals surface area contributed by atoms with E-state index in [1.165, 1.54) is 4.88 Å². The Morgan fingerprint density at radius 1 is 1.55 bits per heavy atom. The smallest absolute Gasteiger partial charge is 0.338 e. The Labute approximate surface area is 130 Å². The summed E-state index contributed by atoms with van der Waals surface area (Å²) >= 11 is 4.92. The number of nitrogens with zero attached hydrogens (tertiary/aromatic N) is 1. The molecule has 6 heteroatoms. The molecule has 2 aromatic rings. The van der Waals surface area contributed by atoms with E-state index in [4.69, 9.17) is 0 Å². The first kappa shape index (κ1) is 15.0. The molecule has 0 aliphatic carbocycles. The summed E-state index contributed by atoms with van der Waals surface area (Å²) in [5, 5.41) is 13.5. The van der Waals surface area contributed by atoms with Crippen molar-refractivity contribution in [1.29, 1.82) is 0 Å². The predicted molar refractivity (Wildman–Crippen MR) is 84.6 cm³/mol. The minimum absolute atomic E-state index is 0.0345. The molecule has 0 fully saturated rings. The third-order valence-electron chi connectivity index (χ3n) is 2.89. The van der Waals surface area contributed by atoms with Gasteiger partial charge in [0, 0.05) is 15.5 Å². The highest BCUT2D eigenvalue weighted by Gasteiger charge is 2.17. The fourth-order valence-corrected chi connectivity index (χ4v) is 3.24. The lowest BCUT2D eigenvalue weighted by Crippen LogP contribution is -2.11. The molecule has 0 amide bonds. The topological polar surface area (TPSA) is 62.2 Å². The van der Waals surface area contributed by atoms with Crippen molar-refractivity contribution in [2.75, 3.05) is 5.32 Å². The van der Waals surface area contributed by atoms with Crippen LogP contribution in [0.4, 0.5) is 5.69 Å². The number of benzene rings is 1. The highest BCUT2D eigenvalue weighted by atomic mass is 79.9. The van der Waals surface area contributed by atoms with Gasteiger partial charge in [0.2, 0.25) is 0 Å². The van der Waals surface area contributed by atoms with Crippen molar-refractivity contribution < 1.29 is 9.90 Å². The number of hydrogen-bond acceptors (Lipinski definition) is 4. The number of anilines is 1. The highest BCUT2D eigenvalue weighted by Crippen LogP contribution is 2.29. The van der Waals surface area contributed by atoms with Crippen LogP contribution in [-0.4, -0.2) is 16.1 Å². The fourth-order valence-electron chi connectivity index (χ4n) is 1.84. The minimum atomic E-state index is -0.958. The molecule has 0 aliphatic rings. The predicted octanol–water partition coefficient (Wildman–Crippen LogP) is 4.34. The van der Waals surface area contributed by atoms with E-state index in [0.717, 1.165) is 11.4 Å². The molecule has 2 rings (SSSR count). The molecule has 0 radical (unpaired) electrons. The first-order valence-electron chi connectivity index (χ1n) is 6.25. The standard InChI is InChI=1S/C14H15BrN2O2S/c1-3-9-7-16-13(20-9)8(2)17-11-6-4-5-10(15)12(11)14(18)19/h4-8,17H,3H2,1-2H3,(H,18,19). The van der Waals surface area contributed by atoms with Gasteiger partial charge >= 0.3 is 5.97 Å². The maximum absolute atomic E-state index is 11.3. The number of rotatable bonds is 5. The van der Waals surface area contributed by atoms with E-state index < -0.39 is 5.97 Å². The van der Waals surface area contributed by atoms with Crippen molar-refractivity contribution in [2.24, 2.45) is 0 Å². The van der Waals surface area contributed by atoms with Gasteiger partial charge in [-0.3, -0.25) is 0 Å². The Bertz CT molecular complexity index is 627. The Kier molecular flexibility index (Phi) is 4.77. The summed E-state index contributed by atoms with van der Waals surface area (Å²) < 4.78 is 0.565. The van der Waals surface area contributed by atoms with E-state index in [-0.39, 0.29) is 11.6 Å². The second kappa shape index (κ2) is 6.37. The first-order valence-corrected chi connectivity index (χ1v) is 7.86. The van der Waals surface area contributed by atoms with Crippen LogP contribution < -0.4 is 5.32 Å². The molecule has 0 bridgehead atoms. The molecule has 1 aromatic heterocycles. The minimum Gasteiger partial charge on any atom is -0.478 e. The zero-order valence-electron chi connectivity index (χ0n) is 11.2. The van der Waals surface area contributed by atoms with Crippen LogP contribution in [-0.2, 0) is 6.42 Å². The molecule has 1 unspecified atom stereocenters. The normalized spacial score (nSPS) is 12.2. The summed E-state index contributed by atoms with van der Waals surface area (Å²) in [7, 11) is 0. The van der Waals surface area contributed by atoms with Gasteiger partial charge in [0.1, 0.15) is 5.01 Å². The van der Waals surface area contributed by atoms with Crippen LogP contribution in [0.3, 0.4) is 0 Å². The third kappa shape index (κ3) is 3.19.